The zero-order valence-corrected chi connectivity index (χ0v) is 10.00. The summed E-state index contributed by atoms with van der Waals surface area (Å²) in [7, 11) is 0. The first-order chi connectivity index (χ1) is 7.01. The number of carbonyl (C=O) groups excluding carboxylic acids is 1. The minimum Gasteiger partial charge on any atom is -0.480 e. The lowest BCUT2D eigenvalue weighted by atomic mass is 9.95. The molecule has 4 heteroatoms. The largest absolute Gasteiger partial charge is 0.480 e. The van der Waals surface area contributed by atoms with Crippen molar-refractivity contribution in [3.05, 3.63) is 0 Å². The van der Waals surface area contributed by atoms with Crippen LogP contribution in [0.5, 0.6) is 0 Å². The number of amides is 1. The van der Waals surface area contributed by atoms with Gasteiger partial charge < -0.3 is 10.8 Å². The molecule has 0 aromatic heterocycles. The smallest absolute Gasteiger partial charge is 0.321 e. The number of hydrogen-bond acceptors (Lipinski definition) is 2. The third kappa shape index (κ3) is 5.72. The molecule has 0 bridgehead atoms. The molecule has 0 atom stereocenters. The molecule has 0 heterocycles. The number of carbonyl (C=O) groups is 2. The highest BCUT2D eigenvalue weighted by Gasteiger charge is 2.23. The summed E-state index contributed by atoms with van der Waals surface area (Å²) in [5, 5.41) is 8.30. The van der Waals surface area contributed by atoms with Gasteiger partial charge in [0.1, 0.15) is 10.8 Å². The van der Waals surface area contributed by atoms with Gasteiger partial charge in [0, 0.05) is 24.3 Å². The quantitative estimate of drug-likeness (QED) is 0.680. The van der Waals surface area contributed by atoms with E-state index in [0.717, 1.165) is 0 Å². The Morgan fingerprint density at radius 1 is 1.12 bits per heavy atom. The van der Waals surface area contributed by atoms with Crippen LogP contribution in [-0.2, 0) is 9.59 Å². The number of terminal acetylenes is 2. The second-order valence-electron chi connectivity index (χ2n) is 4.21. The molecular weight excluding hydrogens is 206 g/mol. The van der Waals surface area contributed by atoms with Gasteiger partial charge in [0.15, 0.2) is 0 Å². The van der Waals surface area contributed by atoms with Gasteiger partial charge in [0.05, 0.1) is 0 Å². The summed E-state index contributed by atoms with van der Waals surface area (Å²) < 4.78 is 0. The molecule has 0 aromatic rings. The number of nitrogens with two attached hydrogens (primary N) is 1. The van der Waals surface area contributed by atoms with E-state index >= 15 is 0 Å². The van der Waals surface area contributed by atoms with Crippen LogP contribution in [0.1, 0.15) is 51.9 Å². The Balaban J connectivity index is -0.00000000461. The van der Waals surface area contributed by atoms with E-state index in [1.165, 1.54) is 13.8 Å². The molecule has 0 aliphatic carbocycles. The number of aliphatic carboxylic acids is 1. The van der Waals surface area contributed by atoms with Crippen LogP contribution in [-0.4, -0.2) is 17.0 Å². The predicted molar refractivity (Wildman–Crippen MR) is 98.0 cm³/mol. The Morgan fingerprint density at radius 2 is 1.44 bits per heavy atom. The predicted octanol–water partition coefficient (Wildman–Crippen LogP) is 5.04. The number of hydrogen-bond donors (Lipinski definition) is 2. The summed E-state index contributed by atoms with van der Waals surface area (Å²) in [6.45, 7) is 6.18. The molecule has 16 heavy (non-hydrogen) atoms. The van der Waals surface area contributed by atoms with Crippen LogP contribution in [0.25, 0.3) is 0 Å². The second kappa shape index (κ2) is 5.82. The topological polar surface area (TPSA) is 80.4 Å². The Kier molecular flexibility index (Phi) is 6.00. The summed E-state index contributed by atoms with van der Waals surface area (Å²) in [6.07, 6.45) is 9.83. The molecule has 0 rings (SSSR count). The number of carboxylic acids is 1. The molecule has 0 aliphatic heterocycles. The monoisotopic (exact) mass is 257 g/mol. The highest BCUT2D eigenvalue weighted by molar-refractivity contribution is 5.83. The van der Waals surface area contributed by atoms with Gasteiger partial charge in [0.25, 0.3) is 0 Å². The van der Waals surface area contributed by atoms with Crippen LogP contribution < -0.4 is 5.73 Å². The van der Waals surface area contributed by atoms with Crippen molar-refractivity contribution in [1.29, 1.82) is 0 Å². The molecule has 3 N–H and O–H groups in total. The molecule has 1 amide bonds. The number of primary amides is 1. The molecule has 0 aliphatic rings. The van der Waals surface area contributed by atoms with Crippen molar-refractivity contribution in [2.75, 3.05) is 0 Å². The van der Waals surface area contributed by atoms with Crippen molar-refractivity contribution >= 4 is 11.9 Å². The van der Waals surface area contributed by atoms with Crippen LogP contribution in [0.3, 0.4) is 0 Å². The first-order valence-corrected chi connectivity index (χ1v) is 4.50. The molecule has 0 aromatic carbocycles. The maximum atomic E-state index is 10.3. The molecule has 122 valence electrons. The van der Waals surface area contributed by atoms with E-state index in [4.69, 9.17) is 23.7 Å². The van der Waals surface area contributed by atoms with Crippen molar-refractivity contribution in [2.45, 2.75) is 27.7 Å². The first-order valence-electron chi connectivity index (χ1n) is 4.50. The highest BCUT2D eigenvalue weighted by atomic mass is 16.4. The maximum Gasteiger partial charge on any atom is 0.321 e. The van der Waals surface area contributed by atoms with Gasteiger partial charge in [-0.05, 0) is 27.7 Å². The van der Waals surface area contributed by atoms with E-state index in [-0.39, 0.29) is 24.3 Å². The van der Waals surface area contributed by atoms with Crippen LogP contribution >= 0.6 is 0 Å². The fraction of sp³-hybridized carbons (Fsp3) is 0.500. The summed E-state index contributed by atoms with van der Waals surface area (Å²) in [5.74, 6) is 2.99. The van der Waals surface area contributed by atoms with Gasteiger partial charge in [0.2, 0.25) is 5.91 Å². The van der Waals surface area contributed by atoms with E-state index in [0.29, 0.717) is 0 Å². The standard InChI is InChI=1S/C6H9NO.C6H8O2.17H2/c2*1-4-6(2,3)5(7)8;;;;;;;;;;;;;;;;;/h1H,2-3H3,(H2,7,8);1H,2-3H3,(H,7,8);17*1H. The second-order valence-corrected chi connectivity index (χ2v) is 4.21. The fourth-order valence-corrected chi connectivity index (χ4v) is 0.133. The SMILES string of the molecule is C#CC(C)(C)C(=O)O.C#CC(C)(C)C(N)=O.[HH].[HH].[HH].[HH].[HH].[HH].[HH].[HH].[HH].[HH].[HH].[HH].[HH].[HH].[HH].[HH].[HH]. The van der Waals surface area contributed by atoms with E-state index in [9.17, 15) is 9.59 Å². The third-order valence-electron chi connectivity index (χ3n) is 1.87. The van der Waals surface area contributed by atoms with E-state index in [2.05, 4.69) is 11.8 Å². The van der Waals surface area contributed by atoms with Gasteiger partial charge in [-0.1, -0.05) is 11.8 Å². The summed E-state index contributed by atoms with van der Waals surface area (Å²) in [5.41, 5.74) is 3.09. The molecular formula is C12H51NO3. The summed E-state index contributed by atoms with van der Waals surface area (Å²) in [4.78, 5) is 20.4. The van der Waals surface area contributed by atoms with Crippen LogP contribution in [0.2, 0.25) is 0 Å². The minimum absolute atomic E-state index is 0. The van der Waals surface area contributed by atoms with Crippen molar-refractivity contribution in [2.24, 2.45) is 16.6 Å². The third-order valence-corrected chi connectivity index (χ3v) is 1.87. The molecule has 0 saturated carbocycles. The van der Waals surface area contributed by atoms with Gasteiger partial charge in [-0.25, -0.2) is 0 Å². The van der Waals surface area contributed by atoms with Crippen LogP contribution in [0.4, 0.5) is 0 Å². The average Bonchev–Trinajstić information content (AvgIpc) is 2.18. The first kappa shape index (κ1) is 16.5. The Hall–Kier alpha value is -1.94. The van der Waals surface area contributed by atoms with Crippen LogP contribution in [0.15, 0.2) is 0 Å². The van der Waals surface area contributed by atoms with Crippen molar-refractivity contribution < 1.29 is 38.9 Å². The molecule has 0 fully saturated rings. The molecule has 0 radical (unpaired) electrons. The molecule has 0 unspecified atom stereocenters. The lowest BCUT2D eigenvalue weighted by Gasteiger charge is -2.09. The van der Waals surface area contributed by atoms with Gasteiger partial charge in [-0.15, -0.1) is 12.8 Å². The normalized spacial score (nSPS) is 10.1. The Morgan fingerprint density at radius 3 is 1.44 bits per heavy atom. The van der Waals surface area contributed by atoms with Crippen molar-refractivity contribution in [3.63, 3.8) is 0 Å². The highest BCUT2D eigenvalue weighted by Crippen LogP contribution is 2.11. The zero-order chi connectivity index (χ0) is 13.6. The van der Waals surface area contributed by atoms with E-state index < -0.39 is 22.7 Å². The minimum atomic E-state index is -1.01. The molecule has 4 nitrogen and oxygen atoms in total. The van der Waals surface area contributed by atoms with Crippen molar-refractivity contribution in [1.82, 2.24) is 0 Å². The Labute approximate surface area is 121 Å². The average molecular weight is 258 g/mol. The molecule has 0 saturated heterocycles. The Bertz CT molecular complexity index is 350. The zero-order valence-electron chi connectivity index (χ0n) is 10.00. The summed E-state index contributed by atoms with van der Waals surface area (Å²) in [6, 6.07) is 0. The number of carboxylic acid groups (broad SMARTS) is 1. The van der Waals surface area contributed by atoms with Gasteiger partial charge >= 0.3 is 5.97 Å². The lowest BCUT2D eigenvalue weighted by molar-refractivity contribution is -0.143. The van der Waals surface area contributed by atoms with Crippen molar-refractivity contribution in [3.8, 4) is 24.7 Å². The molecule has 0 spiro atoms. The van der Waals surface area contributed by atoms with Gasteiger partial charge in [-0.3, -0.25) is 9.59 Å². The summed E-state index contributed by atoms with van der Waals surface area (Å²) >= 11 is 0. The fourth-order valence-electron chi connectivity index (χ4n) is 0.133. The van der Waals surface area contributed by atoms with Crippen LogP contribution in [0, 0.1) is 35.5 Å². The van der Waals surface area contributed by atoms with E-state index in [1.54, 1.807) is 13.8 Å². The lowest BCUT2D eigenvalue weighted by Crippen LogP contribution is -2.29. The van der Waals surface area contributed by atoms with Gasteiger partial charge in [-0.2, -0.15) is 0 Å². The maximum absolute atomic E-state index is 10.3. The van der Waals surface area contributed by atoms with E-state index in [1.807, 2.05) is 0 Å². The number of rotatable bonds is 2.